The van der Waals surface area contributed by atoms with Crippen molar-refractivity contribution in [2.45, 2.75) is 156 Å². The van der Waals surface area contributed by atoms with Gasteiger partial charge in [-0.2, -0.15) is 0 Å². The minimum atomic E-state index is -2.12. The monoisotopic (exact) mass is 400 g/mol. The van der Waals surface area contributed by atoms with E-state index in [1.54, 1.807) is 0 Å². The average molecular weight is 401 g/mol. The molecule has 0 heterocycles. The topological polar surface area (TPSA) is 18.5 Å². The highest BCUT2D eigenvalue weighted by atomic mass is 28.4. The van der Waals surface area contributed by atoms with Crippen LogP contribution in [0.1, 0.15) is 132 Å². The molecule has 2 nitrogen and oxygen atoms in total. The summed E-state index contributed by atoms with van der Waals surface area (Å²) in [6, 6.07) is 1.11. The summed E-state index contributed by atoms with van der Waals surface area (Å²) in [6.07, 6.45) is 18.2. The fourth-order valence-electron chi connectivity index (χ4n) is 3.88. The molecule has 0 radical (unpaired) electrons. The van der Waals surface area contributed by atoms with E-state index in [0.717, 1.165) is 6.04 Å². The zero-order valence-corrected chi connectivity index (χ0v) is 21.2. The van der Waals surface area contributed by atoms with Crippen LogP contribution in [-0.4, -0.2) is 19.8 Å². The number of hydrogen-bond donors (Lipinski definition) is 0. The van der Waals surface area contributed by atoms with Crippen LogP contribution in [0.3, 0.4) is 0 Å². The molecule has 0 amide bonds. The molecule has 0 aromatic carbocycles. The largest absolute Gasteiger partial charge is 0.389 e. The van der Waals surface area contributed by atoms with E-state index >= 15 is 0 Å². The van der Waals surface area contributed by atoms with Crippen LogP contribution in [0.4, 0.5) is 0 Å². The van der Waals surface area contributed by atoms with Crippen LogP contribution in [0.25, 0.3) is 0 Å². The fraction of sp³-hybridized carbons (Fsp3) is 1.00. The van der Waals surface area contributed by atoms with Crippen molar-refractivity contribution in [3.05, 3.63) is 0 Å². The van der Waals surface area contributed by atoms with Gasteiger partial charge in [0, 0.05) is 0 Å². The number of unbranched alkanes of at least 4 members (excludes halogenated alkanes) is 12. The summed E-state index contributed by atoms with van der Waals surface area (Å²) in [4.78, 5) is 0. The lowest BCUT2D eigenvalue weighted by Gasteiger charge is -2.39. The molecule has 0 saturated carbocycles. The quantitative estimate of drug-likeness (QED) is 0.190. The molecule has 3 heteroatoms. The maximum atomic E-state index is 6.43. The van der Waals surface area contributed by atoms with Gasteiger partial charge in [0.25, 0.3) is 0 Å². The molecule has 164 valence electrons. The zero-order valence-electron chi connectivity index (χ0n) is 20.2. The van der Waals surface area contributed by atoms with Gasteiger partial charge in [-0.25, -0.2) is 0 Å². The molecule has 0 aliphatic heterocycles. The molecule has 0 N–H and O–H groups in total. The SMILES string of the molecule is CCCCCCCCCCCCCCC[Si](C)(OC(C)(C)C)OC(C)(C)C. The normalized spacial score (nSPS) is 13.3. The van der Waals surface area contributed by atoms with Gasteiger partial charge in [0.15, 0.2) is 0 Å². The minimum Gasteiger partial charge on any atom is -0.389 e. The van der Waals surface area contributed by atoms with Crippen molar-refractivity contribution in [2.24, 2.45) is 0 Å². The van der Waals surface area contributed by atoms with Crippen molar-refractivity contribution in [1.29, 1.82) is 0 Å². The third kappa shape index (κ3) is 19.2. The molecule has 27 heavy (non-hydrogen) atoms. The van der Waals surface area contributed by atoms with Crippen LogP contribution < -0.4 is 0 Å². The molecule has 0 fully saturated rings. The molecule has 0 spiro atoms. The second kappa shape index (κ2) is 14.2. The molecule has 0 aliphatic carbocycles. The van der Waals surface area contributed by atoms with Gasteiger partial charge < -0.3 is 8.85 Å². The molecule has 0 unspecified atom stereocenters. The molecule has 0 bridgehead atoms. The van der Waals surface area contributed by atoms with Crippen LogP contribution in [0.5, 0.6) is 0 Å². The first-order valence-corrected chi connectivity index (χ1v) is 14.4. The highest BCUT2D eigenvalue weighted by Gasteiger charge is 2.38. The van der Waals surface area contributed by atoms with E-state index in [-0.39, 0.29) is 11.2 Å². The molecular formula is C24H52O2Si. The van der Waals surface area contributed by atoms with Gasteiger partial charge in [0.1, 0.15) is 0 Å². The predicted octanol–water partition coefficient (Wildman–Crippen LogP) is 8.78. The second-order valence-corrected chi connectivity index (χ2v) is 13.7. The first-order valence-electron chi connectivity index (χ1n) is 11.9. The average Bonchev–Trinajstić information content (AvgIpc) is 2.48. The van der Waals surface area contributed by atoms with E-state index < -0.39 is 8.56 Å². The van der Waals surface area contributed by atoms with Gasteiger partial charge in [-0.15, -0.1) is 0 Å². The molecule has 0 atom stereocenters. The van der Waals surface area contributed by atoms with Crippen molar-refractivity contribution < 1.29 is 8.85 Å². The lowest BCUT2D eigenvalue weighted by molar-refractivity contribution is 0.0173. The first-order chi connectivity index (χ1) is 12.5. The van der Waals surface area contributed by atoms with Crippen molar-refractivity contribution in [3.63, 3.8) is 0 Å². The van der Waals surface area contributed by atoms with Crippen molar-refractivity contribution in [1.82, 2.24) is 0 Å². The summed E-state index contributed by atoms with van der Waals surface area (Å²) in [5.41, 5.74) is -0.245. The number of rotatable bonds is 16. The Bertz CT molecular complexity index is 325. The van der Waals surface area contributed by atoms with E-state index in [1.807, 2.05) is 0 Å². The Labute approximate surface area is 173 Å². The van der Waals surface area contributed by atoms with Crippen LogP contribution in [-0.2, 0) is 8.85 Å². The van der Waals surface area contributed by atoms with Gasteiger partial charge in [-0.3, -0.25) is 0 Å². The Morgan fingerprint density at radius 2 is 0.815 bits per heavy atom. The van der Waals surface area contributed by atoms with Crippen molar-refractivity contribution in [2.75, 3.05) is 0 Å². The predicted molar refractivity (Wildman–Crippen MR) is 124 cm³/mol. The van der Waals surface area contributed by atoms with Gasteiger partial charge in [0.2, 0.25) is 0 Å². The maximum Gasteiger partial charge on any atom is 0.335 e. The zero-order chi connectivity index (χ0) is 20.8. The molecule has 0 aromatic rings. The van der Waals surface area contributed by atoms with Crippen LogP contribution in [0, 0.1) is 0 Å². The molecule has 0 saturated heterocycles. The lowest BCUT2D eigenvalue weighted by atomic mass is 10.1. The number of hydrogen-bond acceptors (Lipinski definition) is 2. The van der Waals surface area contributed by atoms with Crippen LogP contribution in [0.2, 0.25) is 12.6 Å². The molecule has 0 aliphatic rings. The lowest BCUT2D eigenvalue weighted by Crippen LogP contribution is -2.49. The van der Waals surface area contributed by atoms with Gasteiger partial charge in [-0.05, 0) is 54.1 Å². The minimum absolute atomic E-state index is 0.122. The van der Waals surface area contributed by atoms with E-state index in [1.165, 1.54) is 83.5 Å². The summed E-state index contributed by atoms with van der Waals surface area (Å²) in [5, 5.41) is 0. The van der Waals surface area contributed by atoms with Gasteiger partial charge >= 0.3 is 8.56 Å². The summed E-state index contributed by atoms with van der Waals surface area (Å²) in [7, 11) is -2.12. The molecule has 0 rings (SSSR count). The summed E-state index contributed by atoms with van der Waals surface area (Å²) >= 11 is 0. The fourth-order valence-corrected chi connectivity index (χ4v) is 7.61. The molecular weight excluding hydrogens is 348 g/mol. The summed E-state index contributed by atoms with van der Waals surface area (Å²) in [5.74, 6) is 0. The Balaban J connectivity index is 3.80. The Morgan fingerprint density at radius 3 is 1.11 bits per heavy atom. The van der Waals surface area contributed by atoms with Gasteiger partial charge in [0.05, 0.1) is 11.2 Å². The summed E-state index contributed by atoms with van der Waals surface area (Å²) in [6.45, 7) is 17.4. The second-order valence-electron chi connectivity index (χ2n) is 10.6. The van der Waals surface area contributed by atoms with E-state index in [0.29, 0.717) is 0 Å². The highest BCUT2D eigenvalue weighted by Crippen LogP contribution is 2.28. The van der Waals surface area contributed by atoms with Crippen molar-refractivity contribution in [3.8, 4) is 0 Å². The Kier molecular flexibility index (Phi) is 14.2. The maximum absolute atomic E-state index is 6.43. The standard InChI is InChI=1S/C24H52O2Si/c1-9-10-11-12-13-14-15-16-17-18-19-20-21-22-27(8,25-23(2,3)4)26-24(5,6)7/h9-22H2,1-8H3. The molecule has 0 aromatic heterocycles. The van der Waals surface area contributed by atoms with E-state index in [2.05, 4.69) is 55.0 Å². The van der Waals surface area contributed by atoms with Gasteiger partial charge in [-0.1, -0.05) is 90.4 Å². The van der Waals surface area contributed by atoms with Crippen LogP contribution in [0.15, 0.2) is 0 Å². The van der Waals surface area contributed by atoms with Crippen molar-refractivity contribution >= 4 is 8.56 Å². The highest BCUT2D eigenvalue weighted by molar-refractivity contribution is 6.66. The third-order valence-electron chi connectivity index (χ3n) is 4.78. The third-order valence-corrected chi connectivity index (χ3v) is 8.13. The smallest absolute Gasteiger partial charge is 0.335 e. The Hall–Kier alpha value is 0.137. The van der Waals surface area contributed by atoms with E-state index in [4.69, 9.17) is 8.85 Å². The Morgan fingerprint density at radius 1 is 0.519 bits per heavy atom. The summed E-state index contributed by atoms with van der Waals surface area (Å²) < 4.78 is 12.9. The van der Waals surface area contributed by atoms with E-state index in [9.17, 15) is 0 Å². The van der Waals surface area contributed by atoms with Crippen LogP contribution >= 0.6 is 0 Å². The first kappa shape index (κ1) is 27.1.